The number of aromatic amines is 1. The first-order valence-electron chi connectivity index (χ1n) is 6.24. The predicted octanol–water partition coefficient (Wildman–Crippen LogP) is 3.43. The summed E-state index contributed by atoms with van der Waals surface area (Å²) in [7, 11) is 0. The number of hydrogen-bond donors (Lipinski definition) is 1. The van der Waals surface area contributed by atoms with Crippen molar-refractivity contribution in [2.45, 2.75) is 11.3 Å². The second-order valence-electron chi connectivity index (χ2n) is 4.53. The van der Waals surface area contributed by atoms with Crippen LogP contribution in [0.5, 0.6) is 0 Å². The molecule has 0 spiro atoms. The SMILES string of the molecule is CSc1nc2c(C(F)(F)F)c(-c3ccccc3)cn2c(=O)[nH]1. The summed E-state index contributed by atoms with van der Waals surface area (Å²) in [4.78, 5) is 18.3. The van der Waals surface area contributed by atoms with Crippen molar-refractivity contribution < 1.29 is 13.2 Å². The number of alkyl halides is 3. The molecule has 0 aliphatic carbocycles. The van der Waals surface area contributed by atoms with Crippen molar-refractivity contribution in [2.75, 3.05) is 6.26 Å². The van der Waals surface area contributed by atoms with Gasteiger partial charge in [-0.1, -0.05) is 42.1 Å². The quantitative estimate of drug-likeness (QED) is 0.735. The van der Waals surface area contributed by atoms with Gasteiger partial charge in [0.05, 0.1) is 0 Å². The molecule has 0 saturated carbocycles. The molecule has 114 valence electrons. The van der Waals surface area contributed by atoms with Crippen molar-refractivity contribution in [3.8, 4) is 11.1 Å². The van der Waals surface area contributed by atoms with Crippen LogP contribution in [-0.4, -0.2) is 20.6 Å². The van der Waals surface area contributed by atoms with Gasteiger partial charge in [0, 0.05) is 11.8 Å². The summed E-state index contributed by atoms with van der Waals surface area (Å²) in [6.45, 7) is 0. The standard InChI is InChI=1S/C14H10F3N3OS/c1-22-12-18-11-10(14(15,16)17)9(7-20(11)13(21)19-12)8-5-3-2-4-6-8/h2-7H,1H3,(H,18,19,21). The van der Waals surface area contributed by atoms with E-state index in [2.05, 4.69) is 9.97 Å². The topological polar surface area (TPSA) is 50.2 Å². The number of halogens is 3. The third kappa shape index (κ3) is 2.39. The molecule has 0 atom stereocenters. The van der Waals surface area contributed by atoms with E-state index in [1.807, 2.05) is 0 Å². The van der Waals surface area contributed by atoms with Crippen molar-refractivity contribution in [3.05, 3.63) is 52.6 Å². The summed E-state index contributed by atoms with van der Waals surface area (Å²) in [5, 5.41) is 0.140. The van der Waals surface area contributed by atoms with E-state index in [9.17, 15) is 18.0 Å². The first-order valence-corrected chi connectivity index (χ1v) is 7.46. The minimum absolute atomic E-state index is 0.0654. The second kappa shape index (κ2) is 5.20. The summed E-state index contributed by atoms with van der Waals surface area (Å²) < 4.78 is 41.4. The van der Waals surface area contributed by atoms with Gasteiger partial charge in [-0.2, -0.15) is 13.2 Å². The van der Waals surface area contributed by atoms with Crippen LogP contribution in [0.4, 0.5) is 13.2 Å². The highest BCUT2D eigenvalue weighted by molar-refractivity contribution is 7.98. The molecule has 3 rings (SSSR count). The molecule has 3 aromatic rings. The number of benzene rings is 1. The molecule has 0 radical (unpaired) electrons. The van der Waals surface area contributed by atoms with Crippen molar-refractivity contribution >= 4 is 17.4 Å². The normalized spacial score (nSPS) is 12.0. The maximum absolute atomic E-state index is 13.5. The van der Waals surface area contributed by atoms with Crippen LogP contribution in [0, 0.1) is 0 Å². The van der Waals surface area contributed by atoms with E-state index in [4.69, 9.17) is 0 Å². The van der Waals surface area contributed by atoms with Crippen LogP contribution >= 0.6 is 11.8 Å². The van der Waals surface area contributed by atoms with Gasteiger partial charge in [-0.05, 0) is 11.8 Å². The third-order valence-electron chi connectivity index (χ3n) is 3.18. The zero-order valence-corrected chi connectivity index (χ0v) is 12.1. The molecule has 0 aliphatic rings. The molecule has 0 bridgehead atoms. The minimum Gasteiger partial charge on any atom is -0.286 e. The van der Waals surface area contributed by atoms with Crippen molar-refractivity contribution in [1.82, 2.24) is 14.4 Å². The van der Waals surface area contributed by atoms with Crippen LogP contribution in [0.1, 0.15) is 5.56 Å². The average molecular weight is 325 g/mol. The molecule has 8 heteroatoms. The molecule has 4 nitrogen and oxygen atoms in total. The zero-order chi connectivity index (χ0) is 15.9. The Hall–Kier alpha value is -2.22. The Morgan fingerprint density at radius 2 is 1.91 bits per heavy atom. The number of fused-ring (bicyclic) bond motifs is 1. The van der Waals surface area contributed by atoms with Gasteiger partial charge in [-0.3, -0.25) is 9.38 Å². The molecule has 0 saturated heterocycles. The zero-order valence-electron chi connectivity index (χ0n) is 11.3. The van der Waals surface area contributed by atoms with Crippen LogP contribution in [0.2, 0.25) is 0 Å². The molecule has 2 aromatic heterocycles. The Morgan fingerprint density at radius 3 is 2.50 bits per heavy atom. The minimum atomic E-state index is -4.61. The molecule has 2 heterocycles. The number of nitrogens with one attached hydrogen (secondary N) is 1. The number of H-pyrrole nitrogens is 1. The summed E-state index contributed by atoms with van der Waals surface area (Å²) in [6.07, 6.45) is -1.82. The first kappa shape index (κ1) is 14.7. The van der Waals surface area contributed by atoms with Gasteiger partial charge in [-0.15, -0.1) is 0 Å². The van der Waals surface area contributed by atoms with Gasteiger partial charge < -0.3 is 0 Å². The summed E-state index contributed by atoms with van der Waals surface area (Å²) in [6, 6.07) is 8.12. The Kier molecular flexibility index (Phi) is 3.48. The largest absolute Gasteiger partial charge is 0.420 e. The molecular formula is C14H10F3N3OS. The smallest absolute Gasteiger partial charge is 0.286 e. The first-order chi connectivity index (χ1) is 10.4. The number of hydrogen-bond acceptors (Lipinski definition) is 3. The van der Waals surface area contributed by atoms with E-state index >= 15 is 0 Å². The fourth-order valence-electron chi connectivity index (χ4n) is 2.25. The Morgan fingerprint density at radius 1 is 1.23 bits per heavy atom. The molecular weight excluding hydrogens is 315 g/mol. The lowest BCUT2D eigenvalue weighted by Crippen LogP contribution is -2.18. The monoisotopic (exact) mass is 325 g/mol. The van der Waals surface area contributed by atoms with Crippen LogP contribution < -0.4 is 5.69 Å². The lowest BCUT2D eigenvalue weighted by Gasteiger charge is -2.08. The second-order valence-corrected chi connectivity index (χ2v) is 5.32. The van der Waals surface area contributed by atoms with E-state index < -0.39 is 17.4 Å². The van der Waals surface area contributed by atoms with Gasteiger partial charge in [0.2, 0.25) is 0 Å². The molecule has 0 unspecified atom stereocenters. The molecule has 22 heavy (non-hydrogen) atoms. The van der Waals surface area contributed by atoms with Crippen LogP contribution in [0.3, 0.4) is 0 Å². The predicted molar refractivity (Wildman–Crippen MR) is 78.0 cm³/mol. The maximum atomic E-state index is 13.5. The van der Waals surface area contributed by atoms with Gasteiger partial charge >= 0.3 is 11.9 Å². The number of aromatic nitrogens is 3. The van der Waals surface area contributed by atoms with Crippen molar-refractivity contribution in [2.24, 2.45) is 0 Å². The van der Waals surface area contributed by atoms with Crippen molar-refractivity contribution in [1.29, 1.82) is 0 Å². The molecule has 0 fully saturated rings. The van der Waals surface area contributed by atoms with Gasteiger partial charge in [-0.25, -0.2) is 9.78 Å². The molecule has 0 amide bonds. The third-order valence-corrected chi connectivity index (χ3v) is 3.76. The summed E-state index contributed by atoms with van der Waals surface area (Å²) in [5.74, 6) is 0. The fourth-order valence-corrected chi connectivity index (χ4v) is 2.62. The van der Waals surface area contributed by atoms with Crippen LogP contribution in [0.25, 0.3) is 16.8 Å². The van der Waals surface area contributed by atoms with Crippen LogP contribution in [-0.2, 0) is 6.18 Å². The van der Waals surface area contributed by atoms with Crippen molar-refractivity contribution in [3.63, 3.8) is 0 Å². The van der Waals surface area contributed by atoms with Gasteiger partial charge in [0.25, 0.3) is 0 Å². The Balaban J connectivity index is 2.43. The van der Waals surface area contributed by atoms with Gasteiger partial charge in [0.15, 0.2) is 10.8 Å². The highest BCUT2D eigenvalue weighted by Crippen LogP contribution is 2.40. The number of thioether (sulfide) groups is 1. The molecule has 0 aliphatic heterocycles. The highest BCUT2D eigenvalue weighted by Gasteiger charge is 2.38. The molecule has 1 N–H and O–H groups in total. The Labute approximate surface area is 127 Å². The summed E-state index contributed by atoms with van der Waals surface area (Å²) >= 11 is 1.07. The number of nitrogens with zero attached hydrogens (tertiary/aromatic N) is 2. The lowest BCUT2D eigenvalue weighted by atomic mass is 10.0. The van der Waals surface area contributed by atoms with E-state index in [0.29, 0.717) is 5.56 Å². The molecule has 1 aromatic carbocycles. The van der Waals surface area contributed by atoms with Gasteiger partial charge in [0.1, 0.15) is 5.56 Å². The van der Waals surface area contributed by atoms with E-state index in [1.54, 1.807) is 36.6 Å². The summed E-state index contributed by atoms with van der Waals surface area (Å²) in [5.41, 5.74) is -1.63. The maximum Gasteiger partial charge on any atom is 0.420 e. The highest BCUT2D eigenvalue weighted by atomic mass is 32.2. The lowest BCUT2D eigenvalue weighted by molar-refractivity contribution is -0.135. The van der Waals surface area contributed by atoms with E-state index in [-0.39, 0.29) is 16.4 Å². The Bertz CT molecular complexity index is 884. The van der Waals surface area contributed by atoms with E-state index in [0.717, 1.165) is 16.2 Å². The van der Waals surface area contributed by atoms with Crippen LogP contribution in [0.15, 0.2) is 46.5 Å². The van der Waals surface area contributed by atoms with E-state index in [1.165, 1.54) is 6.20 Å². The fraction of sp³-hybridized carbons (Fsp3) is 0.143. The number of rotatable bonds is 2. The average Bonchev–Trinajstić information content (AvgIpc) is 2.88.